The Kier molecular flexibility index (Phi) is 10.5. The molecule has 1 aliphatic heterocycles. The summed E-state index contributed by atoms with van der Waals surface area (Å²) in [7, 11) is 0. The van der Waals surface area contributed by atoms with Gasteiger partial charge in [-0.3, -0.25) is 9.59 Å². The van der Waals surface area contributed by atoms with Gasteiger partial charge in [-0.05, 0) is 61.1 Å². The van der Waals surface area contributed by atoms with Crippen molar-refractivity contribution in [1.82, 2.24) is 5.06 Å². The van der Waals surface area contributed by atoms with E-state index in [1.54, 1.807) is 6.92 Å². The molecule has 8 heteroatoms. The topological polar surface area (TPSA) is 102 Å². The van der Waals surface area contributed by atoms with Crippen LogP contribution in [0, 0.1) is 17.8 Å². The first-order valence-electron chi connectivity index (χ1n) is 16.7. The summed E-state index contributed by atoms with van der Waals surface area (Å²) in [5.41, 5.74) is 0.424. The molecule has 0 spiro atoms. The maximum atomic E-state index is 14.4. The summed E-state index contributed by atoms with van der Waals surface area (Å²) < 4.78 is 17.8. The summed E-state index contributed by atoms with van der Waals surface area (Å²) >= 11 is 0. The first-order valence-corrected chi connectivity index (χ1v) is 16.7. The normalized spacial score (nSPS) is 26.5. The molecule has 3 aromatic rings. The van der Waals surface area contributed by atoms with Crippen LogP contribution in [-0.4, -0.2) is 52.5 Å². The predicted molar refractivity (Wildman–Crippen MR) is 177 cm³/mol. The summed E-state index contributed by atoms with van der Waals surface area (Å²) in [6.45, 7) is 9.70. The first kappa shape index (κ1) is 34.3. The molecule has 3 aromatic carbocycles. The van der Waals surface area contributed by atoms with Gasteiger partial charge in [0.25, 0.3) is 0 Å². The number of hydrogen-bond donors (Lipinski definition) is 1. The van der Waals surface area contributed by atoms with Gasteiger partial charge in [-0.1, -0.05) is 118 Å². The summed E-state index contributed by atoms with van der Waals surface area (Å²) in [5.74, 6) is -3.10. The van der Waals surface area contributed by atoms with Crippen molar-refractivity contribution in [3.05, 3.63) is 108 Å². The number of hydrogen-bond acceptors (Lipinski definition) is 8. The molecule has 0 radical (unpaired) electrons. The fourth-order valence-electron chi connectivity index (χ4n) is 7.44. The number of benzene rings is 3. The van der Waals surface area contributed by atoms with E-state index in [4.69, 9.17) is 14.2 Å². The van der Waals surface area contributed by atoms with Crippen LogP contribution >= 0.6 is 0 Å². The Hall–Kier alpha value is -4.01. The zero-order valence-corrected chi connectivity index (χ0v) is 28.0. The average Bonchev–Trinajstić information content (AvgIpc) is 3.36. The van der Waals surface area contributed by atoms with Gasteiger partial charge in [-0.25, -0.2) is 4.79 Å². The smallest absolute Gasteiger partial charge is 0.329 e. The van der Waals surface area contributed by atoms with Crippen LogP contribution in [0.4, 0.5) is 0 Å². The van der Waals surface area contributed by atoms with Gasteiger partial charge >= 0.3 is 17.9 Å². The second-order valence-corrected chi connectivity index (χ2v) is 13.7. The van der Waals surface area contributed by atoms with Crippen molar-refractivity contribution in [2.75, 3.05) is 6.61 Å². The molecule has 47 heavy (non-hydrogen) atoms. The molecule has 0 bridgehead atoms. The Morgan fingerprint density at radius 2 is 1.43 bits per heavy atom. The average molecular weight is 642 g/mol. The van der Waals surface area contributed by atoms with Crippen LogP contribution in [0.15, 0.2) is 91.0 Å². The SMILES string of the molecule is CCOC(=O)[C@@H]1C[C@H](C(=O)OC(c2ccccc2)c2ccccc2)[C@@](C)(C(=O)O[C@@H]2C[C@H](C)CC[C@H]2C(C)(C)c2ccccc2)N1O. The third kappa shape index (κ3) is 6.99. The van der Waals surface area contributed by atoms with E-state index in [1.807, 2.05) is 78.9 Å². The second-order valence-electron chi connectivity index (χ2n) is 13.7. The number of hydroxylamine groups is 2. The molecule has 8 nitrogen and oxygen atoms in total. The summed E-state index contributed by atoms with van der Waals surface area (Å²) in [6.07, 6.45) is 1.09. The van der Waals surface area contributed by atoms with Crippen molar-refractivity contribution < 1.29 is 33.8 Å². The van der Waals surface area contributed by atoms with Crippen molar-refractivity contribution in [2.24, 2.45) is 17.8 Å². The van der Waals surface area contributed by atoms with Crippen molar-refractivity contribution in [3.63, 3.8) is 0 Å². The minimum atomic E-state index is -1.91. The monoisotopic (exact) mass is 641 g/mol. The van der Waals surface area contributed by atoms with E-state index in [0.717, 1.165) is 29.5 Å². The highest BCUT2D eigenvalue weighted by molar-refractivity contribution is 5.92. The van der Waals surface area contributed by atoms with E-state index in [2.05, 4.69) is 32.9 Å². The number of ether oxygens (including phenoxy) is 3. The van der Waals surface area contributed by atoms with Gasteiger partial charge in [0, 0.05) is 5.92 Å². The molecule has 0 amide bonds. The molecule has 2 fully saturated rings. The lowest BCUT2D eigenvalue weighted by molar-refractivity contribution is -0.217. The van der Waals surface area contributed by atoms with Gasteiger partial charge in [-0.15, -0.1) is 0 Å². The zero-order valence-electron chi connectivity index (χ0n) is 28.0. The number of rotatable bonds is 10. The highest BCUT2D eigenvalue weighted by Crippen LogP contribution is 2.46. The molecule has 250 valence electrons. The molecule has 1 N–H and O–H groups in total. The quantitative estimate of drug-likeness (QED) is 0.186. The largest absolute Gasteiger partial charge is 0.465 e. The Balaban J connectivity index is 1.47. The molecular formula is C39H47NO7. The lowest BCUT2D eigenvalue weighted by Crippen LogP contribution is -2.57. The van der Waals surface area contributed by atoms with E-state index in [1.165, 1.54) is 6.92 Å². The van der Waals surface area contributed by atoms with Crippen LogP contribution in [0.2, 0.25) is 0 Å². The summed E-state index contributed by atoms with van der Waals surface area (Å²) in [6, 6.07) is 27.6. The molecule has 5 rings (SSSR count). The fourth-order valence-corrected chi connectivity index (χ4v) is 7.44. The van der Waals surface area contributed by atoms with Gasteiger partial charge in [0.15, 0.2) is 11.6 Å². The van der Waals surface area contributed by atoms with E-state index in [9.17, 15) is 19.6 Å². The Morgan fingerprint density at radius 1 is 0.872 bits per heavy atom. The molecular weight excluding hydrogens is 594 g/mol. The Bertz CT molecular complexity index is 1470. The third-order valence-corrected chi connectivity index (χ3v) is 10.4. The summed E-state index contributed by atoms with van der Waals surface area (Å²) in [4.78, 5) is 41.7. The minimum Gasteiger partial charge on any atom is -0.465 e. The van der Waals surface area contributed by atoms with E-state index in [0.29, 0.717) is 17.4 Å². The lowest BCUT2D eigenvalue weighted by Gasteiger charge is -2.45. The van der Waals surface area contributed by atoms with Gasteiger partial charge in [0.05, 0.1) is 12.5 Å². The van der Waals surface area contributed by atoms with Crippen molar-refractivity contribution in [3.8, 4) is 0 Å². The summed E-state index contributed by atoms with van der Waals surface area (Å²) in [5, 5.41) is 12.2. The molecule has 1 aliphatic carbocycles. The number of nitrogens with zero attached hydrogens (tertiary/aromatic N) is 1. The van der Waals surface area contributed by atoms with Gasteiger partial charge in [-0.2, -0.15) is 5.06 Å². The van der Waals surface area contributed by atoms with E-state index >= 15 is 0 Å². The van der Waals surface area contributed by atoms with Gasteiger partial charge in [0.2, 0.25) is 0 Å². The maximum Gasteiger partial charge on any atom is 0.329 e. The fraction of sp³-hybridized carbons (Fsp3) is 0.462. The standard InChI is InChI=1S/C39H47NO7/c1-6-45-36(42)32-25-31(35(41)47-34(27-16-10-7-11-17-27)28-18-12-8-13-19-28)39(5,40(32)44)37(43)46-33-24-26(2)22-23-30(33)38(3,4)29-20-14-9-15-21-29/h7-21,26,30-34,44H,6,22-25H2,1-5H3/t26-,30-,31-,32+,33-,39+/m1/s1. The van der Waals surface area contributed by atoms with Crippen LogP contribution in [0.5, 0.6) is 0 Å². The van der Waals surface area contributed by atoms with Crippen LogP contribution < -0.4 is 0 Å². The first-order chi connectivity index (χ1) is 22.5. The van der Waals surface area contributed by atoms with Crippen LogP contribution in [0.1, 0.15) is 83.1 Å². The molecule has 1 heterocycles. The van der Waals surface area contributed by atoms with Crippen molar-refractivity contribution in [1.29, 1.82) is 0 Å². The highest BCUT2D eigenvalue weighted by atomic mass is 16.6. The van der Waals surface area contributed by atoms with Gasteiger partial charge in [0.1, 0.15) is 12.1 Å². The van der Waals surface area contributed by atoms with Crippen molar-refractivity contribution >= 4 is 17.9 Å². The van der Waals surface area contributed by atoms with E-state index < -0.39 is 47.6 Å². The van der Waals surface area contributed by atoms with E-state index in [-0.39, 0.29) is 24.4 Å². The Labute approximate surface area is 278 Å². The number of carbonyl (C=O) groups excluding carboxylic acids is 3. The molecule has 0 aromatic heterocycles. The number of esters is 3. The molecule has 1 saturated heterocycles. The van der Waals surface area contributed by atoms with Crippen LogP contribution in [0.25, 0.3) is 0 Å². The molecule has 0 unspecified atom stereocenters. The molecule has 1 saturated carbocycles. The molecule has 6 atom stereocenters. The van der Waals surface area contributed by atoms with Crippen LogP contribution in [0.3, 0.4) is 0 Å². The van der Waals surface area contributed by atoms with Crippen molar-refractivity contribution in [2.45, 2.75) is 89.5 Å². The number of carbonyl (C=O) groups is 3. The third-order valence-electron chi connectivity index (χ3n) is 10.4. The molecule has 2 aliphatic rings. The second kappa shape index (κ2) is 14.4. The predicted octanol–water partition coefficient (Wildman–Crippen LogP) is 7.05. The minimum absolute atomic E-state index is 0.00556. The highest BCUT2D eigenvalue weighted by Gasteiger charge is 2.63. The van der Waals surface area contributed by atoms with Gasteiger partial charge < -0.3 is 19.4 Å². The van der Waals surface area contributed by atoms with Crippen LogP contribution in [-0.2, 0) is 34.0 Å². The Morgan fingerprint density at radius 3 is 1.98 bits per heavy atom. The lowest BCUT2D eigenvalue weighted by atomic mass is 9.64. The maximum absolute atomic E-state index is 14.4. The zero-order chi connectivity index (χ0) is 33.8.